The number of esters is 1. The van der Waals surface area contributed by atoms with Crippen LogP contribution in [0.1, 0.15) is 34.8 Å². The Morgan fingerprint density at radius 3 is 2.30 bits per heavy atom. The van der Waals surface area contributed by atoms with Crippen molar-refractivity contribution in [1.82, 2.24) is 4.98 Å². The molecular weight excluding hydrogens is 404 g/mol. The molecule has 0 bridgehead atoms. The summed E-state index contributed by atoms with van der Waals surface area (Å²) in [5.41, 5.74) is 9.35. The van der Waals surface area contributed by atoms with E-state index in [-0.39, 0.29) is 10.8 Å². The van der Waals surface area contributed by atoms with Crippen molar-refractivity contribution in [2.24, 2.45) is 0 Å². The molecule has 8 nitrogen and oxygen atoms in total. The second-order valence-electron chi connectivity index (χ2n) is 6.90. The van der Waals surface area contributed by atoms with E-state index in [9.17, 15) is 14.4 Å². The molecule has 0 saturated carbocycles. The Labute approximate surface area is 177 Å². The van der Waals surface area contributed by atoms with Crippen LogP contribution in [0.4, 0.5) is 17.1 Å². The van der Waals surface area contributed by atoms with Crippen LogP contribution in [-0.2, 0) is 14.3 Å². The number of nitrogens with zero attached hydrogens (tertiary/aromatic N) is 1. The topological polar surface area (TPSA) is 123 Å². The van der Waals surface area contributed by atoms with E-state index in [1.165, 1.54) is 13.8 Å². The normalized spacial score (nSPS) is 11.7. The highest BCUT2D eigenvalue weighted by molar-refractivity contribution is 7.21. The zero-order valence-electron chi connectivity index (χ0n) is 17.0. The van der Waals surface area contributed by atoms with Gasteiger partial charge in [-0.1, -0.05) is 0 Å². The van der Waals surface area contributed by atoms with Gasteiger partial charge in [-0.05, 0) is 56.7 Å². The monoisotopic (exact) mass is 426 g/mol. The fraction of sp³-hybridized carbons (Fsp3) is 0.238. The number of hydrogen-bond donors (Lipinski definition) is 3. The highest BCUT2D eigenvalue weighted by Crippen LogP contribution is 2.35. The molecule has 2 amide bonds. The van der Waals surface area contributed by atoms with E-state index in [1.54, 1.807) is 24.3 Å². The first kappa shape index (κ1) is 21.3. The number of nitrogens with two attached hydrogens (primary N) is 1. The number of carbonyl (C=O) groups is 3. The van der Waals surface area contributed by atoms with Gasteiger partial charge in [0.25, 0.3) is 5.91 Å². The molecule has 30 heavy (non-hydrogen) atoms. The van der Waals surface area contributed by atoms with Gasteiger partial charge in [0.2, 0.25) is 5.91 Å². The number of nitrogen functional groups attached to an aromatic ring is 1. The van der Waals surface area contributed by atoms with Crippen LogP contribution >= 0.6 is 11.3 Å². The van der Waals surface area contributed by atoms with Gasteiger partial charge in [0.15, 0.2) is 6.10 Å². The molecule has 9 heteroatoms. The van der Waals surface area contributed by atoms with Gasteiger partial charge in [0.05, 0.1) is 5.69 Å². The fourth-order valence-corrected chi connectivity index (χ4v) is 4.07. The van der Waals surface area contributed by atoms with E-state index in [0.717, 1.165) is 28.0 Å². The number of aromatic nitrogens is 1. The molecule has 0 aliphatic carbocycles. The Bertz CT molecular complexity index is 1140. The molecule has 0 radical (unpaired) electrons. The summed E-state index contributed by atoms with van der Waals surface area (Å²) >= 11 is 1.15. The molecule has 0 aliphatic heterocycles. The molecule has 0 spiro atoms. The standard InChI is InChI=1S/C21H22N4O4S/c1-10-9-11(2)23-20-16(10)17(22)18(30-20)21(28)29-12(3)19(27)25-15-7-5-14(6-8-15)24-13(4)26/h5-9,12H,22H2,1-4H3,(H,24,26)(H,25,27). The Balaban J connectivity index is 1.69. The Morgan fingerprint density at radius 1 is 1.10 bits per heavy atom. The average molecular weight is 426 g/mol. The first-order valence-electron chi connectivity index (χ1n) is 9.21. The summed E-state index contributed by atoms with van der Waals surface area (Å²) in [7, 11) is 0. The van der Waals surface area contributed by atoms with Crippen molar-refractivity contribution in [3.05, 3.63) is 46.5 Å². The van der Waals surface area contributed by atoms with Crippen molar-refractivity contribution in [1.29, 1.82) is 0 Å². The number of hydrogen-bond acceptors (Lipinski definition) is 7. The van der Waals surface area contributed by atoms with Gasteiger partial charge >= 0.3 is 5.97 Å². The lowest BCUT2D eigenvalue weighted by molar-refractivity contribution is -0.123. The number of nitrogens with one attached hydrogen (secondary N) is 2. The number of rotatable bonds is 5. The molecule has 1 unspecified atom stereocenters. The summed E-state index contributed by atoms with van der Waals surface area (Å²) in [4.78, 5) is 41.4. The quantitative estimate of drug-likeness (QED) is 0.535. The molecule has 2 heterocycles. The number of ether oxygens (including phenoxy) is 1. The lowest BCUT2D eigenvalue weighted by Crippen LogP contribution is -2.30. The van der Waals surface area contributed by atoms with Crippen LogP contribution < -0.4 is 16.4 Å². The van der Waals surface area contributed by atoms with E-state index < -0.39 is 18.0 Å². The van der Waals surface area contributed by atoms with Crippen LogP contribution in [0.2, 0.25) is 0 Å². The zero-order chi connectivity index (χ0) is 22.0. The van der Waals surface area contributed by atoms with Crippen LogP contribution in [0.5, 0.6) is 0 Å². The minimum atomic E-state index is -1.03. The fourth-order valence-electron chi connectivity index (χ4n) is 2.97. The lowest BCUT2D eigenvalue weighted by atomic mass is 10.1. The van der Waals surface area contributed by atoms with Crippen LogP contribution in [0, 0.1) is 13.8 Å². The van der Waals surface area contributed by atoms with Gasteiger partial charge in [-0.2, -0.15) is 0 Å². The van der Waals surface area contributed by atoms with Crippen LogP contribution in [0.15, 0.2) is 30.3 Å². The molecule has 3 aromatic rings. The number of benzene rings is 1. The van der Waals surface area contributed by atoms with E-state index in [2.05, 4.69) is 15.6 Å². The molecule has 4 N–H and O–H groups in total. The van der Waals surface area contributed by atoms with Gasteiger partial charge in [0.1, 0.15) is 9.71 Å². The highest BCUT2D eigenvalue weighted by Gasteiger charge is 2.24. The Kier molecular flexibility index (Phi) is 6.02. The summed E-state index contributed by atoms with van der Waals surface area (Å²) < 4.78 is 5.32. The molecular formula is C21H22N4O4S. The second-order valence-corrected chi connectivity index (χ2v) is 7.90. The number of pyridine rings is 1. The first-order chi connectivity index (χ1) is 14.2. The van der Waals surface area contributed by atoms with E-state index in [1.807, 2.05) is 19.9 Å². The van der Waals surface area contributed by atoms with Gasteiger partial charge in [-0.3, -0.25) is 9.59 Å². The zero-order valence-corrected chi connectivity index (χ0v) is 17.8. The van der Waals surface area contributed by atoms with Crippen molar-refractivity contribution in [2.75, 3.05) is 16.4 Å². The van der Waals surface area contributed by atoms with E-state index in [4.69, 9.17) is 10.5 Å². The van der Waals surface area contributed by atoms with Gasteiger partial charge in [-0.25, -0.2) is 9.78 Å². The van der Waals surface area contributed by atoms with Gasteiger partial charge in [0, 0.05) is 29.4 Å². The Hall–Kier alpha value is -3.46. The number of carbonyl (C=O) groups excluding carboxylic acids is 3. The summed E-state index contributed by atoms with van der Waals surface area (Å²) in [5.74, 6) is -1.34. The smallest absolute Gasteiger partial charge is 0.351 e. The molecule has 2 aromatic heterocycles. The van der Waals surface area contributed by atoms with E-state index in [0.29, 0.717) is 21.9 Å². The summed E-state index contributed by atoms with van der Waals surface area (Å²) in [6.07, 6.45) is -1.03. The van der Waals surface area contributed by atoms with Crippen LogP contribution in [-0.4, -0.2) is 28.9 Å². The molecule has 0 saturated heterocycles. The molecule has 1 aromatic carbocycles. The number of fused-ring (bicyclic) bond motifs is 1. The van der Waals surface area contributed by atoms with Crippen LogP contribution in [0.25, 0.3) is 10.2 Å². The number of aryl methyl sites for hydroxylation is 2. The number of anilines is 3. The average Bonchev–Trinajstić information content (AvgIpc) is 2.99. The minimum Gasteiger partial charge on any atom is -0.448 e. The first-order valence-corrected chi connectivity index (χ1v) is 10.0. The maximum atomic E-state index is 12.6. The van der Waals surface area contributed by atoms with Crippen molar-refractivity contribution >= 4 is 56.4 Å². The lowest BCUT2D eigenvalue weighted by Gasteiger charge is -2.13. The van der Waals surface area contributed by atoms with Crippen LogP contribution in [0.3, 0.4) is 0 Å². The number of thiophene rings is 1. The molecule has 0 fully saturated rings. The van der Waals surface area contributed by atoms with Crippen molar-refractivity contribution in [3.63, 3.8) is 0 Å². The third-order valence-corrected chi connectivity index (χ3v) is 5.41. The molecule has 3 rings (SSSR count). The summed E-state index contributed by atoms with van der Waals surface area (Å²) in [5, 5.41) is 6.04. The minimum absolute atomic E-state index is 0.187. The predicted octanol–water partition coefficient (Wildman–Crippen LogP) is 3.64. The molecule has 1 atom stereocenters. The SMILES string of the molecule is CC(=O)Nc1ccc(NC(=O)C(C)OC(=O)c2sc3nc(C)cc(C)c3c2N)cc1. The molecule has 156 valence electrons. The number of amides is 2. The Morgan fingerprint density at radius 2 is 1.70 bits per heavy atom. The second kappa shape index (κ2) is 8.50. The maximum absolute atomic E-state index is 12.6. The maximum Gasteiger partial charge on any atom is 0.351 e. The largest absolute Gasteiger partial charge is 0.448 e. The van der Waals surface area contributed by atoms with Crippen molar-refractivity contribution < 1.29 is 19.1 Å². The van der Waals surface area contributed by atoms with Crippen molar-refractivity contribution in [3.8, 4) is 0 Å². The third kappa shape index (κ3) is 4.57. The summed E-state index contributed by atoms with van der Waals surface area (Å²) in [6.45, 7) is 6.67. The van der Waals surface area contributed by atoms with Gasteiger partial charge in [-0.15, -0.1) is 11.3 Å². The summed E-state index contributed by atoms with van der Waals surface area (Å²) in [6, 6.07) is 8.48. The third-order valence-electron chi connectivity index (χ3n) is 4.34. The van der Waals surface area contributed by atoms with E-state index >= 15 is 0 Å². The van der Waals surface area contributed by atoms with Gasteiger partial charge < -0.3 is 21.1 Å². The molecule has 0 aliphatic rings. The predicted molar refractivity (Wildman–Crippen MR) is 118 cm³/mol. The van der Waals surface area contributed by atoms with Crippen molar-refractivity contribution in [2.45, 2.75) is 33.8 Å². The highest BCUT2D eigenvalue weighted by atomic mass is 32.1.